The number of carbonyl (C=O) groups is 1. The van der Waals surface area contributed by atoms with Gasteiger partial charge in [-0.25, -0.2) is 21.1 Å². The zero-order chi connectivity index (χ0) is 15.9. The SMILES string of the molecule is CCS(=O)(=O)N1CCC(C(=O)NS(=O)(=O)C2(C)CC2)CC1. The smallest absolute Gasteiger partial charge is 0.240 e. The Morgan fingerprint density at radius 2 is 1.71 bits per heavy atom. The van der Waals surface area contributed by atoms with Gasteiger partial charge in [0.15, 0.2) is 0 Å². The zero-order valence-electron chi connectivity index (χ0n) is 12.3. The van der Waals surface area contributed by atoms with Gasteiger partial charge in [-0.2, -0.15) is 0 Å². The van der Waals surface area contributed by atoms with Crippen molar-refractivity contribution in [3.63, 3.8) is 0 Å². The summed E-state index contributed by atoms with van der Waals surface area (Å²) in [4.78, 5) is 12.1. The van der Waals surface area contributed by atoms with E-state index in [4.69, 9.17) is 0 Å². The molecular weight excluding hydrogens is 316 g/mol. The van der Waals surface area contributed by atoms with E-state index in [0.29, 0.717) is 25.7 Å². The number of amides is 1. The van der Waals surface area contributed by atoms with Crippen molar-refractivity contribution in [1.29, 1.82) is 0 Å². The monoisotopic (exact) mass is 338 g/mol. The fourth-order valence-corrected chi connectivity index (χ4v) is 4.81. The van der Waals surface area contributed by atoms with Gasteiger partial charge in [0, 0.05) is 19.0 Å². The second-order valence-corrected chi connectivity index (χ2v) is 10.4. The summed E-state index contributed by atoms with van der Waals surface area (Å²) in [5.74, 6) is -0.904. The Morgan fingerprint density at radius 3 is 2.14 bits per heavy atom. The summed E-state index contributed by atoms with van der Waals surface area (Å²) in [6, 6.07) is 0. The fraction of sp³-hybridized carbons (Fsp3) is 0.917. The molecule has 1 N–H and O–H groups in total. The van der Waals surface area contributed by atoms with Crippen LogP contribution in [0.1, 0.15) is 39.5 Å². The Kier molecular flexibility index (Phi) is 4.38. The van der Waals surface area contributed by atoms with Gasteiger partial charge in [0.05, 0.1) is 10.5 Å². The molecule has 1 saturated carbocycles. The van der Waals surface area contributed by atoms with Crippen molar-refractivity contribution in [2.75, 3.05) is 18.8 Å². The van der Waals surface area contributed by atoms with E-state index in [2.05, 4.69) is 4.72 Å². The average molecular weight is 338 g/mol. The molecule has 0 atom stereocenters. The lowest BCUT2D eigenvalue weighted by atomic mass is 9.98. The lowest BCUT2D eigenvalue weighted by molar-refractivity contribution is -0.124. The van der Waals surface area contributed by atoms with E-state index in [1.165, 1.54) is 4.31 Å². The molecule has 0 bridgehead atoms. The van der Waals surface area contributed by atoms with E-state index in [0.717, 1.165) is 0 Å². The molecule has 2 fully saturated rings. The van der Waals surface area contributed by atoms with Crippen molar-refractivity contribution in [1.82, 2.24) is 9.03 Å². The summed E-state index contributed by atoms with van der Waals surface area (Å²) in [6.45, 7) is 3.74. The first kappa shape index (κ1) is 16.7. The van der Waals surface area contributed by atoms with Crippen LogP contribution in [0.5, 0.6) is 0 Å². The minimum Gasteiger partial charge on any atom is -0.274 e. The Hall–Kier alpha value is -0.670. The van der Waals surface area contributed by atoms with Crippen molar-refractivity contribution >= 4 is 26.0 Å². The summed E-state index contributed by atoms with van der Waals surface area (Å²) in [6.07, 6.45) is 1.86. The van der Waals surface area contributed by atoms with Gasteiger partial charge in [-0.15, -0.1) is 0 Å². The summed E-state index contributed by atoms with van der Waals surface area (Å²) in [5, 5.41) is 0. The molecule has 0 aromatic heterocycles. The predicted octanol–water partition coefficient (Wildman–Crippen LogP) is 0.0466. The Bertz CT molecular complexity index is 614. The molecule has 1 saturated heterocycles. The summed E-state index contributed by atoms with van der Waals surface area (Å²) < 4.78 is 50.2. The van der Waals surface area contributed by atoms with E-state index in [1.807, 2.05) is 0 Å². The Labute approximate surface area is 126 Å². The number of nitrogens with zero attached hydrogens (tertiary/aromatic N) is 1. The third-order valence-electron chi connectivity index (χ3n) is 4.42. The predicted molar refractivity (Wildman–Crippen MR) is 78.5 cm³/mol. The lowest BCUT2D eigenvalue weighted by Gasteiger charge is -2.30. The van der Waals surface area contributed by atoms with E-state index in [9.17, 15) is 21.6 Å². The molecule has 0 unspecified atom stereocenters. The maximum Gasteiger partial charge on any atom is 0.240 e. The fourth-order valence-electron chi connectivity index (χ4n) is 2.36. The van der Waals surface area contributed by atoms with Crippen molar-refractivity contribution in [2.45, 2.75) is 44.3 Å². The highest BCUT2D eigenvalue weighted by Crippen LogP contribution is 2.42. The number of hydrogen-bond acceptors (Lipinski definition) is 5. The van der Waals surface area contributed by atoms with E-state index in [1.54, 1.807) is 13.8 Å². The number of carbonyl (C=O) groups excluding carboxylic acids is 1. The van der Waals surface area contributed by atoms with Gasteiger partial charge in [0.2, 0.25) is 26.0 Å². The Balaban J connectivity index is 1.92. The molecule has 1 aliphatic heterocycles. The summed E-state index contributed by atoms with van der Waals surface area (Å²) >= 11 is 0. The van der Waals surface area contributed by atoms with Gasteiger partial charge in [0.1, 0.15) is 0 Å². The molecule has 1 amide bonds. The second kappa shape index (κ2) is 5.51. The molecule has 0 spiro atoms. The molecule has 2 aliphatic rings. The maximum atomic E-state index is 12.1. The Morgan fingerprint density at radius 1 is 1.19 bits per heavy atom. The highest BCUT2D eigenvalue weighted by Gasteiger charge is 2.51. The van der Waals surface area contributed by atoms with Gasteiger partial charge in [0.25, 0.3) is 0 Å². The van der Waals surface area contributed by atoms with Crippen LogP contribution in [-0.4, -0.2) is 50.6 Å². The lowest BCUT2D eigenvalue weighted by Crippen LogP contribution is -2.46. The number of nitrogens with one attached hydrogen (secondary N) is 1. The van der Waals surface area contributed by atoms with Gasteiger partial charge in [-0.1, -0.05) is 0 Å². The van der Waals surface area contributed by atoms with Crippen LogP contribution in [-0.2, 0) is 24.8 Å². The maximum absolute atomic E-state index is 12.1. The van der Waals surface area contributed by atoms with Crippen molar-refractivity contribution in [2.24, 2.45) is 5.92 Å². The second-order valence-electron chi connectivity index (χ2n) is 5.99. The molecule has 1 aliphatic carbocycles. The standard InChI is InChI=1S/C12H22N2O5S2/c1-3-20(16,17)14-8-4-10(5-9-14)11(15)13-21(18,19)12(2)6-7-12/h10H,3-9H2,1-2H3,(H,13,15). The van der Waals surface area contributed by atoms with Crippen molar-refractivity contribution in [3.05, 3.63) is 0 Å². The molecule has 122 valence electrons. The van der Waals surface area contributed by atoms with Crippen LogP contribution in [0.15, 0.2) is 0 Å². The van der Waals surface area contributed by atoms with Crippen LogP contribution in [0.3, 0.4) is 0 Å². The molecule has 21 heavy (non-hydrogen) atoms. The largest absolute Gasteiger partial charge is 0.274 e. The van der Waals surface area contributed by atoms with E-state index < -0.39 is 36.6 Å². The molecular formula is C12H22N2O5S2. The average Bonchev–Trinajstić information content (AvgIpc) is 3.18. The van der Waals surface area contributed by atoms with Gasteiger partial charge >= 0.3 is 0 Å². The molecule has 0 aromatic carbocycles. The van der Waals surface area contributed by atoms with Gasteiger partial charge in [-0.05, 0) is 39.5 Å². The first-order chi connectivity index (χ1) is 9.61. The molecule has 7 nitrogen and oxygen atoms in total. The first-order valence-electron chi connectivity index (χ1n) is 7.15. The summed E-state index contributed by atoms with van der Waals surface area (Å²) in [5.41, 5.74) is 0. The molecule has 0 aromatic rings. The van der Waals surface area contributed by atoms with Crippen LogP contribution < -0.4 is 4.72 Å². The van der Waals surface area contributed by atoms with Crippen molar-refractivity contribution in [3.8, 4) is 0 Å². The van der Waals surface area contributed by atoms with Crippen LogP contribution in [0.25, 0.3) is 0 Å². The molecule has 9 heteroatoms. The van der Waals surface area contributed by atoms with Crippen LogP contribution in [0.4, 0.5) is 0 Å². The third kappa shape index (κ3) is 3.40. The first-order valence-corrected chi connectivity index (χ1v) is 10.2. The molecule has 0 radical (unpaired) electrons. The topological polar surface area (TPSA) is 101 Å². The van der Waals surface area contributed by atoms with Crippen LogP contribution in [0.2, 0.25) is 0 Å². The minimum atomic E-state index is -3.61. The number of sulfonamides is 2. The number of piperidine rings is 1. The number of rotatable bonds is 5. The number of hydrogen-bond donors (Lipinski definition) is 1. The van der Waals surface area contributed by atoms with Crippen LogP contribution in [0, 0.1) is 5.92 Å². The molecule has 1 heterocycles. The third-order valence-corrected chi connectivity index (χ3v) is 8.48. The van der Waals surface area contributed by atoms with E-state index >= 15 is 0 Å². The highest BCUT2D eigenvalue weighted by atomic mass is 32.2. The molecule has 2 rings (SSSR count). The highest BCUT2D eigenvalue weighted by molar-refractivity contribution is 7.91. The van der Waals surface area contributed by atoms with Crippen LogP contribution >= 0.6 is 0 Å². The zero-order valence-corrected chi connectivity index (χ0v) is 14.0. The summed E-state index contributed by atoms with van der Waals surface area (Å²) in [7, 11) is -6.85. The van der Waals surface area contributed by atoms with Gasteiger partial charge < -0.3 is 0 Å². The van der Waals surface area contributed by atoms with Gasteiger partial charge in [-0.3, -0.25) is 9.52 Å². The van der Waals surface area contributed by atoms with Crippen molar-refractivity contribution < 1.29 is 21.6 Å². The minimum absolute atomic E-state index is 0.0383. The van der Waals surface area contributed by atoms with E-state index in [-0.39, 0.29) is 18.8 Å². The normalized spacial score (nSPS) is 23.7. The quantitative estimate of drug-likeness (QED) is 0.763.